The molecule has 1 aromatic rings. The van der Waals surface area contributed by atoms with E-state index in [1.165, 1.54) is 38.5 Å². The van der Waals surface area contributed by atoms with Gasteiger partial charge in [0.2, 0.25) is 0 Å². The maximum absolute atomic E-state index is 6.47. The Labute approximate surface area is 168 Å². The van der Waals surface area contributed by atoms with Crippen LogP contribution >= 0.6 is 0 Å². The summed E-state index contributed by atoms with van der Waals surface area (Å²) in [6, 6.07) is 8.25. The van der Waals surface area contributed by atoms with E-state index in [9.17, 15) is 0 Å². The molecule has 0 unspecified atom stereocenters. The summed E-state index contributed by atoms with van der Waals surface area (Å²) in [5, 5.41) is 1.06. The average Bonchev–Trinajstić information content (AvgIpc) is 2.71. The molecule has 0 saturated carbocycles. The Hall–Kier alpha value is -0.943. The molecule has 0 aliphatic carbocycles. The normalized spacial score (nSPS) is 11.7. The van der Waals surface area contributed by atoms with Crippen molar-refractivity contribution in [2.75, 3.05) is 19.8 Å². The lowest BCUT2D eigenvalue weighted by molar-refractivity contribution is 0.0691. The first kappa shape index (κ1) is 24.1. The van der Waals surface area contributed by atoms with Crippen LogP contribution in [0.2, 0.25) is 0 Å². The minimum atomic E-state index is -2.96. The summed E-state index contributed by atoms with van der Waals surface area (Å²) in [7, 11) is -2.96. The van der Waals surface area contributed by atoms with Gasteiger partial charge in [-0.15, -0.1) is 0 Å². The zero-order chi connectivity index (χ0) is 19.8. The van der Waals surface area contributed by atoms with Crippen LogP contribution < -0.4 is 5.19 Å². The lowest BCUT2D eigenvalue weighted by Crippen LogP contribution is -2.58. The first-order valence-corrected chi connectivity index (χ1v) is 12.6. The first-order valence-electron chi connectivity index (χ1n) is 10.9. The Kier molecular flexibility index (Phi) is 13.4. The van der Waals surface area contributed by atoms with Gasteiger partial charge in [0, 0.05) is 25.0 Å². The fraction of sp³-hybridized carbons (Fsp3) is 0.652. The predicted molar refractivity (Wildman–Crippen MR) is 118 cm³/mol. The van der Waals surface area contributed by atoms with Gasteiger partial charge in [-0.2, -0.15) is 0 Å². The molecular formula is C23H40O3Si. The summed E-state index contributed by atoms with van der Waals surface area (Å²) < 4.78 is 19.4. The summed E-state index contributed by atoms with van der Waals surface area (Å²) in [5.41, 5.74) is 1.06. The Balaban J connectivity index is 3.04. The molecule has 1 rings (SSSR count). The molecule has 0 bridgehead atoms. The molecule has 4 heteroatoms. The van der Waals surface area contributed by atoms with Gasteiger partial charge in [0.05, 0.1) is 0 Å². The van der Waals surface area contributed by atoms with Gasteiger partial charge in [-0.1, -0.05) is 96.2 Å². The quantitative estimate of drug-likeness (QED) is 0.237. The van der Waals surface area contributed by atoms with Crippen LogP contribution in [-0.2, 0) is 13.3 Å². The Morgan fingerprint density at radius 2 is 1.19 bits per heavy atom. The zero-order valence-corrected chi connectivity index (χ0v) is 18.8. The Morgan fingerprint density at radius 1 is 0.741 bits per heavy atom. The van der Waals surface area contributed by atoms with Crippen molar-refractivity contribution in [2.45, 2.75) is 78.6 Å². The van der Waals surface area contributed by atoms with Crippen molar-refractivity contribution in [1.82, 2.24) is 0 Å². The number of unbranched alkanes of at least 4 members (excludes halogenated alkanes) is 6. The maximum Gasteiger partial charge on any atom is 0.537 e. The molecule has 0 amide bonds. The van der Waals surface area contributed by atoms with Gasteiger partial charge in [-0.25, -0.2) is 0 Å². The molecule has 0 atom stereocenters. The minimum absolute atomic E-state index is 0.688. The van der Waals surface area contributed by atoms with E-state index in [-0.39, 0.29) is 0 Å². The van der Waals surface area contributed by atoms with Crippen LogP contribution in [0, 0.1) is 0 Å². The van der Waals surface area contributed by atoms with Crippen molar-refractivity contribution in [3.63, 3.8) is 0 Å². The zero-order valence-electron chi connectivity index (χ0n) is 17.8. The van der Waals surface area contributed by atoms with E-state index in [0.717, 1.165) is 30.0 Å². The molecule has 3 nitrogen and oxygen atoms in total. The molecule has 0 saturated heterocycles. The SMILES string of the molecule is C=Cc1ccccc1[Si](OCCCCC)(OCCCCC)OCCCCC. The molecule has 0 spiro atoms. The van der Waals surface area contributed by atoms with E-state index in [0.29, 0.717) is 19.8 Å². The van der Waals surface area contributed by atoms with Crippen molar-refractivity contribution >= 4 is 20.1 Å². The fourth-order valence-corrected chi connectivity index (χ4v) is 5.78. The fourth-order valence-electron chi connectivity index (χ4n) is 2.99. The van der Waals surface area contributed by atoms with Crippen LogP contribution in [-0.4, -0.2) is 28.6 Å². The highest BCUT2D eigenvalue weighted by molar-refractivity contribution is 6.76. The molecule has 0 aliphatic heterocycles. The highest BCUT2D eigenvalue weighted by Gasteiger charge is 2.45. The van der Waals surface area contributed by atoms with E-state index >= 15 is 0 Å². The lowest BCUT2D eigenvalue weighted by atomic mass is 10.2. The van der Waals surface area contributed by atoms with Crippen molar-refractivity contribution < 1.29 is 13.3 Å². The van der Waals surface area contributed by atoms with Crippen LogP contribution in [0.3, 0.4) is 0 Å². The summed E-state index contributed by atoms with van der Waals surface area (Å²) in [6.07, 6.45) is 12.0. The van der Waals surface area contributed by atoms with E-state index in [1.54, 1.807) is 0 Å². The molecule has 154 valence electrons. The molecule has 0 radical (unpaired) electrons. The van der Waals surface area contributed by atoms with Crippen molar-refractivity contribution in [2.24, 2.45) is 0 Å². The standard InChI is InChI=1S/C23H40O3Si/c1-5-9-14-19-24-27(25-20-15-10-6-2,26-21-16-11-7-3)23-18-13-12-17-22(23)8-4/h8,12-13,17-18H,4-7,9-11,14-16,19-21H2,1-3H3. The molecule has 0 fully saturated rings. The van der Waals surface area contributed by atoms with Gasteiger partial charge in [0.15, 0.2) is 0 Å². The maximum atomic E-state index is 6.47. The topological polar surface area (TPSA) is 27.7 Å². The van der Waals surface area contributed by atoms with Crippen molar-refractivity contribution in [3.8, 4) is 0 Å². The molecule has 0 heterocycles. The van der Waals surface area contributed by atoms with Crippen LogP contribution in [0.4, 0.5) is 0 Å². The van der Waals surface area contributed by atoms with Gasteiger partial charge < -0.3 is 13.3 Å². The van der Waals surface area contributed by atoms with Gasteiger partial charge in [0.25, 0.3) is 0 Å². The number of hydrogen-bond acceptors (Lipinski definition) is 3. The second-order valence-electron chi connectivity index (χ2n) is 7.01. The summed E-state index contributed by atoms with van der Waals surface area (Å²) in [5.74, 6) is 0. The largest absolute Gasteiger partial charge is 0.537 e. The third-order valence-corrected chi connectivity index (χ3v) is 7.50. The summed E-state index contributed by atoms with van der Waals surface area (Å²) in [4.78, 5) is 0. The monoisotopic (exact) mass is 392 g/mol. The van der Waals surface area contributed by atoms with Gasteiger partial charge in [-0.05, 0) is 24.8 Å². The predicted octanol–water partition coefficient (Wildman–Crippen LogP) is 6.10. The third kappa shape index (κ3) is 8.73. The minimum Gasteiger partial charge on any atom is -0.370 e. The van der Waals surface area contributed by atoms with Crippen LogP contribution in [0.5, 0.6) is 0 Å². The molecule has 0 aliphatic rings. The Bertz CT molecular complexity index is 473. The smallest absolute Gasteiger partial charge is 0.370 e. The van der Waals surface area contributed by atoms with Crippen molar-refractivity contribution in [1.29, 1.82) is 0 Å². The highest BCUT2D eigenvalue weighted by atomic mass is 28.4. The first-order chi connectivity index (χ1) is 13.2. The van der Waals surface area contributed by atoms with Gasteiger partial charge in [-0.3, -0.25) is 0 Å². The molecule has 0 aromatic heterocycles. The van der Waals surface area contributed by atoms with Gasteiger partial charge >= 0.3 is 8.80 Å². The molecule has 0 N–H and O–H groups in total. The second kappa shape index (κ2) is 15.0. The molecule has 1 aromatic carbocycles. The third-order valence-electron chi connectivity index (χ3n) is 4.63. The lowest BCUT2D eigenvalue weighted by Gasteiger charge is -2.31. The van der Waals surface area contributed by atoms with E-state index in [1.807, 2.05) is 18.2 Å². The van der Waals surface area contributed by atoms with E-state index < -0.39 is 8.80 Å². The van der Waals surface area contributed by atoms with Crippen LogP contribution in [0.25, 0.3) is 6.08 Å². The van der Waals surface area contributed by atoms with E-state index in [4.69, 9.17) is 13.3 Å². The average molecular weight is 393 g/mol. The van der Waals surface area contributed by atoms with Crippen molar-refractivity contribution in [3.05, 3.63) is 36.4 Å². The summed E-state index contributed by atoms with van der Waals surface area (Å²) in [6.45, 7) is 12.7. The summed E-state index contributed by atoms with van der Waals surface area (Å²) >= 11 is 0. The second-order valence-corrected chi connectivity index (χ2v) is 9.53. The molecular weight excluding hydrogens is 352 g/mol. The highest BCUT2D eigenvalue weighted by Crippen LogP contribution is 2.17. The number of hydrogen-bond donors (Lipinski definition) is 0. The van der Waals surface area contributed by atoms with Crippen LogP contribution in [0.1, 0.15) is 84.1 Å². The number of benzene rings is 1. The van der Waals surface area contributed by atoms with E-state index in [2.05, 4.69) is 39.5 Å². The van der Waals surface area contributed by atoms with Gasteiger partial charge in [0.1, 0.15) is 0 Å². The van der Waals surface area contributed by atoms with Crippen LogP contribution in [0.15, 0.2) is 30.8 Å². The number of rotatable bonds is 17. The molecule has 27 heavy (non-hydrogen) atoms. The Morgan fingerprint density at radius 3 is 1.59 bits per heavy atom.